The Morgan fingerprint density at radius 2 is 2.10 bits per heavy atom. The normalized spacial score (nSPS) is 14.5. The molecule has 1 atom stereocenters. The molecule has 0 amide bonds. The van der Waals surface area contributed by atoms with E-state index in [1.807, 2.05) is 0 Å². The molecule has 0 radical (unpaired) electrons. The van der Waals surface area contributed by atoms with E-state index in [4.69, 9.17) is 4.74 Å². The lowest BCUT2D eigenvalue weighted by Crippen LogP contribution is -2.40. The Hall–Kier alpha value is -1.71. The monoisotopic (exact) mass is 318 g/mol. The van der Waals surface area contributed by atoms with Crippen molar-refractivity contribution >= 4 is 15.7 Å². The van der Waals surface area contributed by atoms with E-state index in [2.05, 4.69) is 4.72 Å². The summed E-state index contributed by atoms with van der Waals surface area (Å²) in [4.78, 5) is 9.72. The van der Waals surface area contributed by atoms with E-state index >= 15 is 0 Å². The quantitative estimate of drug-likeness (QED) is 0.573. The van der Waals surface area contributed by atoms with Crippen LogP contribution in [0.4, 0.5) is 5.69 Å². The SMILES string of the molecule is CCC(C)(O)CNS(=O)(=O)c1cc([N+](=O)[O-])ccc1OC. The highest BCUT2D eigenvalue weighted by Crippen LogP contribution is 2.28. The first kappa shape index (κ1) is 17.3. The fourth-order valence-corrected chi connectivity index (χ4v) is 2.79. The fourth-order valence-electron chi connectivity index (χ4n) is 1.44. The van der Waals surface area contributed by atoms with Gasteiger partial charge in [0.15, 0.2) is 0 Å². The molecule has 8 nitrogen and oxygen atoms in total. The van der Waals surface area contributed by atoms with Crippen molar-refractivity contribution < 1.29 is 23.2 Å². The Balaban J connectivity index is 3.17. The fraction of sp³-hybridized carbons (Fsp3) is 0.500. The lowest BCUT2D eigenvalue weighted by atomic mass is 10.1. The van der Waals surface area contributed by atoms with Gasteiger partial charge in [-0.2, -0.15) is 0 Å². The summed E-state index contributed by atoms with van der Waals surface area (Å²) in [5, 5.41) is 20.6. The molecule has 0 fully saturated rings. The van der Waals surface area contributed by atoms with Gasteiger partial charge in [0.25, 0.3) is 5.69 Å². The molecule has 1 aromatic carbocycles. The second-order valence-electron chi connectivity index (χ2n) is 4.77. The van der Waals surface area contributed by atoms with Gasteiger partial charge in [-0.15, -0.1) is 0 Å². The minimum atomic E-state index is -4.04. The van der Waals surface area contributed by atoms with Crippen molar-refractivity contribution in [3.8, 4) is 5.75 Å². The molecule has 0 saturated heterocycles. The predicted octanol–water partition coefficient (Wildman–Crippen LogP) is 1.04. The number of non-ortho nitro benzene ring substituents is 1. The van der Waals surface area contributed by atoms with Gasteiger partial charge >= 0.3 is 0 Å². The second-order valence-corrected chi connectivity index (χ2v) is 6.50. The average molecular weight is 318 g/mol. The number of nitro groups is 1. The van der Waals surface area contributed by atoms with Gasteiger partial charge in [0, 0.05) is 18.7 Å². The smallest absolute Gasteiger partial charge is 0.271 e. The number of hydrogen-bond donors (Lipinski definition) is 2. The molecule has 0 aliphatic carbocycles. The van der Waals surface area contributed by atoms with Crippen LogP contribution in [0.3, 0.4) is 0 Å². The van der Waals surface area contributed by atoms with Crippen LogP contribution in [0.5, 0.6) is 5.75 Å². The van der Waals surface area contributed by atoms with Crippen LogP contribution in [0, 0.1) is 10.1 Å². The van der Waals surface area contributed by atoms with E-state index in [-0.39, 0.29) is 22.9 Å². The van der Waals surface area contributed by atoms with Crippen LogP contribution in [0.2, 0.25) is 0 Å². The lowest BCUT2D eigenvalue weighted by molar-refractivity contribution is -0.385. The molecule has 1 unspecified atom stereocenters. The van der Waals surface area contributed by atoms with Crippen LogP contribution in [-0.4, -0.2) is 37.7 Å². The van der Waals surface area contributed by atoms with Crippen molar-refractivity contribution in [2.45, 2.75) is 30.8 Å². The maximum atomic E-state index is 12.2. The number of rotatable bonds is 7. The predicted molar refractivity (Wildman–Crippen MR) is 75.8 cm³/mol. The van der Waals surface area contributed by atoms with E-state index in [9.17, 15) is 23.6 Å². The summed E-state index contributed by atoms with van der Waals surface area (Å²) in [6.45, 7) is 2.99. The molecule has 0 aromatic heterocycles. The lowest BCUT2D eigenvalue weighted by Gasteiger charge is -2.21. The number of sulfonamides is 1. The van der Waals surface area contributed by atoms with Crippen LogP contribution in [-0.2, 0) is 10.0 Å². The Labute approximate surface area is 122 Å². The molecule has 0 aliphatic heterocycles. The van der Waals surface area contributed by atoms with Crippen molar-refractivity contribution in [3.63, 3.8) is 0 Å². The Morgan fingerprint density at radius 3 is 2.57 bits per heavy atom. The molecule has 0 aliphatic rings. The third-order valence-corrected chi connectivity index (χ3v) is 4.47. The average Bonchev–Trinajstić information content (AvgIpc) is 2.44. The van der Waals surface area contributed by atoms with Gasteiger partial charge in [-0.05, 0) is 19.4 Å². The Morgan fingerprint density at radius 1 is 1.48 bits per heavy atom. The zero-order valence-electron chi connectivity index (χ0n) is 12.0. The van der Waals surface area contributed by atoms with Crippen molar-refractivity contribution in [1.82, 2.24) is 4.72 Å². The molecule has 0 saturated carbocycles. The highest BCUT2D eigenvalue weighted by atomic mass is 32.2. The number of nitrogens with zero attached hydrogens (tertiary/aromatic N) is 1. The molecule has 21 heavy (non-hydrogen) atoms. The minimum absolute atomic E-state index is 0.00996. The van der Waals surface area contributed by atoms with Crippen LogP contribution < -0.4 is 9.46 Å². The maximum absolute atomic E-state index is 12.2. The van der Waals surface area contributed by atoms with Gasteiger partial charge in [0.2, 0.25) is 10.0 Å². The van der Waals surface area contributed by atoms with Crippen molar-refractivity contribution in [2.75, 3.05) is 13.7 Å². The van der Waals surface area contributed by atoms with Gasteiger partial charge in [0.05, 0.1) is 17.6 Å². The number of nitrogens with one attached hydrogen (secondary N) is 1. The number of methoxy groups -OCH3 is 1. The highest BCUT2D eigenvalue weighted by molar-refractivity contribution is 7.89. The molecule has 2 N–H and O–H groups in total. The van der Waals surface area contributed by atoms with E-state index in [1.54, 1.807) is 6.92 Å². The van der Waals surface area contributed by atoms with Gasteiger partial charge in [0.1, 0.15) is 10.6 Å². The molecular weight excluding hydrogens is 300 g/mol. The summed E-state index contributed by atoms with van der Waals surface area (Å²) in [5.41, 5.74) is -1.57. The first-order valence-electron chi connectivity index (χ1n) is 6.17. The summed E-state index contributed by atoms with van der Waals surface area (Å²) in [6.07, 6.45) is 0.349. The zero-order chi connectivity index (χ0) is 16.3. The third kappa shape index (κ3) is 4.38. The van der Waals surface area contributed by atoms with E-state index < -0.39 is 20.5 Å². The van der Waals surface area contributed by atoms with Gasteiger partial charge in [-0.1, -0.05) is 6.92 Å². The van der Waals surface area contributed by atoms with Gasteiger partial charge in [-0.25, -0.2) is 13.1 Å². The zero-order valence-corrected chi connectivity index (χ0v) is 12.8. The number of hydrogen-bond acceptors (Lipinski definition) is 6. The van der Waals surface area contributed by atoms with Crippen LogP contribution in [0.25, 0.3) is 0 Å². The summed E-state index contributed by atoms with van der Waals surface area (Å²) in [7, 11) is -2.78. The molecule has 9 heteroatoms. The summed E-state index contributed by atoms with van der Waals surface area (Å²) >= 11 is 0. The molecule has 118 valence electrons. The van der Waals surface area contributed by atoms with Crippen LogP contribution in [0.1, 0.15) is 20.3 Å². The maximum Gasteiger partial charge on any atom is 0.271 e. The Kier molecular flexibility index (Phi) is 5.26. The number of ether oxygens (including phenoxy) is 1. The molecule has 1 aromatic rings. The number of benzene rings is 1. The van der Waals surface area contributed by atoms with Crippen molar-refractivity contribution in [1.29, 1.82) is 0 Å². The largest absolute Gasteiger partial charge is 0.495 e. The van der Waals surface area contributed by atoms with E-state index in [0.717, 1.165) is 12.1 Å². The van der Waals surface area contributed by atoms with Crippen molar-refractivity contribution in [3.05, 3.63) is 28.3 Å². The van der Waals surface area contributed by atoms with Crippen LogP contribution >= 0.6 is 0 Å². The molecule has 0 heterocycles. The van der Waals surface area contributed by atoms with Gasteiger partial charge < -0.3 is 9.84 Å². The van der Waals surface area contributed by atoms with Gasteiger partial charge in [-0.3, -0.25) is 10.1 Å². The first-order valence-corrected chi connectivity index (χ1v) is 7.66. The summed E-state index contributed by atoms with van der Waals surface area (Å²) in [6, 6.07) is 3.28. The van der Waals surface area contributed by atoms with Crippen LogP contribution in [0.15, 0.2) is 23.1 Å². The Bertz CT molecular complexity index is 627. The molecule has 0 spiro atoms. The topological polar surface area (TPSA) is 119 Å². The first-order chi connectivity index (χ1) is 9.63. The summed E-state index contributed by atoms with van der Waals surface area (Å²) < 4.78 is 31.6. The molecular formula is C12H18N2O6S. The summed E-state index contributed by atoms with van der Waals surface area (Å²) in [5.74, 6) is -0.00996. The number of aliphatic hydroxyl groups is 1. The second kappa shape index (κ2) is 6.37. The minimum Gasteiger partial charge on any atom is -0.495 e. The van der Waals surface area contributed by atoms with Crippen molar-refractivity contribution in [2.24, 2.45) is 0 Å². The molecule has 1 rings (SSSR count). The standard InChI is InChI=1S/C12H18N2O6S/c1-4-12(2,15)8-13-21(18,19)11-7-9(14(16)17)5-6-10(11)20-3/h5-7,13,15H,4,8H2,1-3H3. The highest BCUT2D eigenvalue weighted by Gasteiger charge is 2.26. The third-order valence-electron chi connectivity index (χ3n) is 3.05. The molecule has 0 bridgehead atoms. The van der Waals surface area contributed by atoms with E-state index in [0.29, 0.717) is 6.42 Å². The number of nitro benzene ring substituents is 1. The van der Waals surface area contributed by atoms with E-state index in [1.165, 1.54) is 20.1 Å².